The summed E-state index contributed by atoms with van der Waals surface area (Å²) < 4.78 is 2.54. The number of imidazole rings is 1. The van der Waals surface area contributed by atoms with E-state index >= 15 is 0 Å². The predicted molar refractivity (Wildman–Crippen MR) is 298 cm³/mol. The normalized spacial score (nSPS) is 17.5. The molecule has 6 heteroatoms. The van der Waals surface area contributed by atoms with Gasteiger partial charge in [-0.25, -0.2) is 4.98 Å². The van der Waals surface area contributed by atoms with Gasteiger partial charge in [-0.1, -0.05) is 188 Å². The van der Waals surface area contributed by atoms with Crippen LogP contribution in [0.1, 0.15) is 131 Å². The van der Waals surface area contributed by atoms with Crippen molar-refractivity contribution in [1.29, 1.82) is 0 Å². The molecule has 5 aromatic carbocycles. The Morgan fingerprint density at radius 1 is 0.574 bits per heavy atom. The number of phenolic OH excluding ortho intramolecular Hbond substituents is 1. The van der Waals surface area contributed by atoms with Gasteiger partial charge in [0.25, 0.3) is 0 Å². The van der Waals surface area contributed by atoms with Gasteiger partial charge in [-0.15, -0.1) is 0 Å². The summed E-state index contributed by atoms with van der Waals surface area (Å²) in [7, 11) is -3.94. The van der Waals surface area contributed by atoms with Crippen molar-refractivity contribution in [2.24, 2.45) is 0 Å². The van der Waals surface area contributed by atoms with Gasteiger partial charge in [-0.2, -0.15) is 0 Å². The molecule has 354 valence electrons. The molecule has 2 aromatic heterocycles. The molecule has 1 N–H and O–H groups in total. The predicted octanol–water partition coefficient (Wildman–Crippen LogP) is 15.9. The molecule has 0 fully saturated rings. The highest BCUT2D eigenvalue weighted by Gasteiger charge is 2.49. The molecule has 4 nitrogen and oxygen atoms in total. The SMILES string of the molecule is CC(C)(C)c1cc(-c2cc(-c3ccccc3)ccn2)cc(-c2cccc3c2nc(-c2cc(C(C)(C)C)cc(C(C)(C)C)c2O)n3-c2cc3c(c4c2[Si](C)(C)CCC4(C)C)C(C)(C)CC[Si]3(C)C)c1. The molecule has 0 aliphatic carbocycles. The van der Waals surface area contributed by atoms with E-state index in [0.717, 1.165) is 55.9 Å². The standard InChI is InChI=1S/C62H77N3OSi2/c1-58(2,3)43-33-41(32-42(34-43)48-35-40(26-29-63-48)39-22-19-18-20-23-39)45-24-21-25-49-54(45)64-57(46-36-44(59(4,5)6)37-47(55(46)66)60(7,8)9)65(49)50-38-51-52(61(10,11)27-30-67(51,14)15)53-56(50)68(16,17)31-28-62(53,12)13/h18-26,29,32-38,66H,27-28,30-31H2,1-17H3. The summed E-state index contributed by atoms with van der Waals surface area (Å²) in [5.41, 5.74) is 16.8. The van der Waals surface area contributed by atoms with E-state index < -0.39 is 16.1 Å². The number of hydrogen-bond acceptors (Lipinski definition) is 3. The van der Waals surface area contributed by atoms with Crippen molar-refractivity contribution >= 4 is 37.6 Å². The van der Waals surface area contributed by atoms with Crippen LogP contribution in [0.5, 0.6) is 5.75 Å². The lowest BCUT2D eigenvalue weighted by Crippen LogP contribution is -2.59. The minimum Gasteiger partial charge on any atom is -0.507 e. The van der Waals surface area contributed by atoms with Crippen LogP contribution >= 0.6 is 0 Å². The molecule has 7 aromatic rings. The molecule has 9 rings (SSSR count). The number of phenols is 1. The number of aromatic nitrogens is 3. The van der Waals surface area contributed by atoms with Gasteiger partial charge in [0.05, 0.1) is 38.4 Å². The third kappa shape index (κ3) is 8.25. The van der Waals surface area contributed by atoms with E-state index in [0.29, 0.717) is 5.75 Å². The summed E-state index contributed by atoms with van der Waals surface area (Å²) in [4.78, 5) is 10.9. The molecule has 0 saturated heterocycles. The summed E-state index contributed by atoms with van der Waals surface area (Å²) in [6, 6.07) is 38.4. The van der Waals surface area contributed by atoms with Crippen molar-refractivity contribution in [3.63, 3.8) is 0 Å². The van der Waals surface area contributed by atoms with E-state index in [1.54, 1.807) is 21.5 Å². The molecular formula is C62H77N3OSi2. The van der Waals surface area contributed by atoms with Crippen molar-refractivity contribution in [1.82, 2.24) is 14.5 Å². The van der Waals surface area contributed by atoms with Crippen molar-refractivity contribution in [2.75, 3.05) is 0 Å². The van der Waals surface area contributed by atoms with Crippen molar-refractivity contribution < 1.29 is 5.11 Å². The van der Waals surface area contributed by atoms with Crippen LogP contribution in [-0.2, 0) is 27.1 Å². The van der Waals surface area contributed by atoms with E-state index in [1.165, 1.54) is 47.3 Å². The average molecular weight is 936 g/mol. The Bertz CT molecular complexity index is 3130. The van der Waals surface area contributed by atoms with Gasteiger partial charge in [0.1, 0.15) is 11.6 Å². The first-order valence-electron chi connectivity index (χ1n) is 25.3. The van der Waals surface area contributed by atoms with Crippen molar-refractivity contribution in [3.05, 3.63) is 131 Å². The lowest BCUT2D eigenvalue weighted by molar-refractivity contribution is 0.446. The molecule has 0 atom stereocenters. The van der Waals surface area contributed by atoms with E-state index in [-0.39, 0.29) is 27.1 Å². The minimum atomic E-state index is -2.06. The molecule has 2 aliphatic heterocycles. The van der Waals surface area contributed by atoms with Crippen LogP contribution in [0.25, 0.3) is 61.6 Å². The maximum Gasteiger partial charge on any atom is 0.149 e. The van der Waals surface area contributed by atoms with Gasteiger partial charge in [-0.3, -0.25) is 9.55 Å². The number of para-hydroxylation sites is 1. The van der Waals surface area contributed by atoms with Crippen molar-refractivity contribution in [3.8, 4) is 56.3 Å². The first-order valence-corrected chi connectivity index (χ1v) is 31.7. The summed E-state index contributed by atoms with van der Waals surface area (Å²) in [6.45, 7) is 41.0. The Morgan fingerprint density at radius 2 is 1.19 bits per heavy atom. The number of nitrogens with zero attached hydrogens (tertiary/aromatic N) is 3. The fraction of sp³-hybridized carbons (Fsp3) is 0.419. The molecule has 2 aliphatic rings. The van der Waals surface area contributed by atoms with Crippen molar-refractivity contribution in [2.45, 2.75) is 168 Å². The van der Waals surface area contributed by atoms with E-state index in [4.69, 9.17) is 9.97 Å². The second-order valence-electron chi connectivity index (χ2n) is 26.3. The third-order valence-electron chi connectivity index (χ3n) is 16.0. The molecule has 0 amide bonds. The maximum atomic E-state index is 12.9. The second-order valence-corrected chi connectivity index (χ2v) is 35.9. The second kappa shape index (κ2) is 16.0. The van der Waals surface area contributed by atoms with Gasteiger partial charge in [-0.05, 0) is 127 Å². The van der Waals surface area contributed by atoms with Crippen LogP contribution in [0.4, 0.5) is 0 Å². The zero-order valence-electron chi connectivity index (χ0n) is 44.4. The van der Waals surface area contributed by atoms with Crippen LogP contribution in [0, 0.1) is 0 Å². The van der Waals surface area contributed by atoms with Crippen LogP contribution in [0.2, 0.25) is 38.3 Å². The molecule has 0 radical (unpaired) electrons. The van der Waals surface area contributed by atoms with Crippen LogP contribution in [0.15, 0.2) is 103 Å². The molecule has 4 heterocycles. The Morgan fingerprint density at radius 3 is 1.84 bits per heavy atom. The monoisotopic (exact) mass is 936 g/mol. The average Bonchev–Trinajstić information content (AvgIpc) is 3.65. The van der Waals surface area contributed by atoms with Crippen LogP contribution in [0.3, 0.4) is 0 Å². The molecule has 68 heavy (non-hydrogen) atoms. The highest BCUT2D eigenvalue weighted by Crippen LogP contribution is 2.50. The summed E-state index contributed by atoms with van der Waals surface area (Å²) in [6.07, 6.45) is 4.38. The van der Waals surface area contributed by atoms with E-state index in [1.807, 2.05) is 6.20 Å². The fourth-order valence-electron chi connectivity index (χ4n) is 11.5. The lowest BCUT2D eigenvalue weighted by Gasteiger charge is -2.50. The first kappa shape index (κ1) is 48.0. The topological polar surface area (TPSA) is 50.9 Å². The third-order valence-corrected chi connectivity index (χ3v) is 22.8. The highest BCUT2D eigenvalue weighted by molar-refractivity contribution is 6.93. The highest BCUT2D eigenvalue weighted by atomic mass is 28.3. The number of fused-ring (bicyclic) bond motifs is 4. The summed E-state index contributed by atoms with van der Waals surface area (Å²) >= 11 is 0. The van der Waals surface area contributed by atoms with E-state index in [9.17, 15) is 5.11 Å². The number of benzene rings is 5. The van der Waals surface area contributed by atoms with Gasteiger partial charge in [0.15, 0.2) is 0 Å². The Balaban J connectivity index is 1.43. The number of pyridine rings is 1. The largest absolute Gasteiger partial charge is 0.507 e. The quantitative estimate of drug-likeness (QED) is 0.175. The smallest absolute Gasteiger partial charge is 0.149 e. The van der Waals surface area contributed by atoms with Gasteiger partial charge in [0.2, 0.25) is 0 Å². The van der Waals surface area contributed by atoms with Crippen LogP contribution < -0.4 is 10.4 Å². The number of aromatic hydroxyl groups is 1. The molecule has 0 unspecified atom stereocenters. The van der Waals surface area contributed by atoms with Gasteiger partial charge >= 0.3 is 0 Å². The molecule has 0 bridgehead atoms. The number of rotatable bonds is 5. The Kier molecular flexibility index (Phi) is 11.3. The van der Waals surface area contributed by atoms with Gasteiger partial charge in [0, 0.05) is 28.6 Å². The first-order chi connectivity index (χ1) is 31.5. The number of hydrogen-bond donors (Lipinski definition) is 1. The molecule has 0 saturated carbocycles. The molecular weight excluding hydrogens is 859 g/mol. The zero-order chi connectivity index (χ0) is 49.3. The lowest BCUT2D eigenvalue weighted by atomic mass is 9.70. The fourth-order valence-corrected chi connectivity index (χ4v) is 18.2. The maximum absolute atomic E-state index is 12.9. The van der Waals surface area contributed by atoms with E-state index in [2.05, 4.69) is 218 Å². The van der Waals surface area contributed by atoms with Gasteiger partial charge < -0.3 is 5.11 Å². The van der Waals surface area contributed by atoms with Crippen LogP contribution in [-0.4, -0.2) is 35.8 Å². The Hall–Kier alpha value is -5.05. The zero-order valence-corrected chi connectivity index (χ0v) is 46.4. The summed E-state index contributed by atoms with van der Waals surface area (Å²) in [5, 5.41) is 16.1. The Labute approximate surface area is 410 Å². The molecule has 0 spiro atoms. The summed E-state index contributed by atoms with van der Waals surface area (Å²) in [5.74, 6) is 1.14. The minimum absolute atomic E-state index is 0.0160.